The molecule has 4 aromatic rings. The Bertz CT molecular complexity index is 1180. The van der Waals surface area contributed by atoms with Gasteiger partial charge in [0.15, 0.2) is 5.65 Å². The van der Waals surface area contributed by atoms with Crippen LogP contribution in [0.4, 0.5) is 4.39 Å². The quantitative estimate of drug-likeness (QED) is 0.548. The van der Waals surface area contributed by atoms with Crippen LogP contribution < -0.4 is 0 Å². The van der Waals surface area contributed by atoms with Gasteiger partial charge in [-0.25, -0.2) is 14.1 Å². The summed E-state index contributed by atoms with van der Waals surface area (Å²) in [6.07, 6.45) is 3.25. The number of para-hydroxylation sites is 1. The first kappa shape index (κ1) is 17.8. The van der Waals surface area contributed by atoms with E-state index in [9.17, 15) is 9.18 Å². The Morgan fingerprint density at radius 3 is 2.71 bits per heavy atom. The number of nitrogens with zero attached hydrogens (tertiary/aromatic N) is 6. The van der Waals surface area contributed by atoms with Gasteiger partial charge in [0.1, 0.15) is 11.5 Å². The highest BCUT2D eigenvalue weighted by Gasteiger charge is 2.21. The van der Waals surface area contributed by atoms with Gasteiger partial charge in [-0.05, 0) is 31.2 Å². The molecule has 3 heterocycles. The van der Waals surface area contributed by atoms with Crippen LogP contribution in [0, 0.1) is 12.7 Å². The monoisotopic (exact) mass is 378 g/mol. The first-order valence-electron chi connectivity index (χ1n) is 8.78. The van der Waals surface area contributed by atoms with E-state index in [1.54, 1.807) is 60.2 Å². The molecule has 1 amide bonds. The molecule has 0 bridgehead atoms. The number of carbonyl (C=O) groups is 1. The number of carbonyl (C=O) groups excluding carboxylic acids is 1. The molecule has 0 saturated carbocycles. The maximum atomic E-state index is 14.2. The van der Waals surface area contributed by atoms with Crippen LogP contribution in [0.15, 0.2) is 48.8 Å². The summed E-state index contributed by atoms with van der Waals surface area (Å²) >= 11 is 0. The van der Waals surface area contributed by atoms with E-state index in [1.807, 2.05) is 13.1 Å². The van der Waals surface area contributed by atoms with Crippen LogP contribution in [0.1, 0.15) is 21.7 Å². The number of rotatable bonds is 4. The van der Waals surface area contributed by atoms with Crippen LogP contribution in [0.5, 0.6) is 0 Å². The minimum atomic E-state index is -0.406. The van der Waals surface area contributed by atoms with Crippen LogP contribution in [0.3, 0.4) is 0 Å². The molecule has 0 aliphatic carbocycles. The molecule has 0 unspecified atom stereocenters. The van der Waals surface area contributed by atoms with Crippen molar-refractivity contribution in [2.24, 2.45) is 7.05 Å². The third kappa shape index (κ3) is 3.02. The summed E-state index contributed by atoms with van der Waals surface area (Å²) in [5.41, 5.74) is 2.79. The number of aryl methyl sites for hydroxylation is 2. The highest BCUT2D eigenvalue weighted by atomic mass is 19.1. The number of benzene rings is 1. The van der Waals surface area contributed by atoms with Crippen LogP contribution in [-0.2, 0) is 13.6 Å². The van der Waals surface area contributed by atoms with Crippen LogP contribution in [0.2, 0.25) is 0 Å². The Hall–Kier alpha value is -3.55. The van der Waals surface area contributed by atoms with Gasteiger partial charge in [0.25, 0.3) is 5.91 Å². The van der Waals surface area contributed by atoms with E-state index in [2.05, 4.69) is 15.2 Å². The van der Waals surface area contributed by atoms with Crippen molar-refractivity contribution >= 4 is 16.9 Å². The van der Waals surface area contributed by atoms with E-state index in [0.717, 1.165) is 5.69 Å². The summed E-state index contributed by atoms with van der Waals surface area (Å²) < 4.78 is 17.4. The molecule has 0 atom stereocenters. The van der Waals surface area contributed by atoms with Gasteiger partial charge >= 0.3 is 0 Å². The molecule has 0 aliphatic heterocycles. The zero-order valence-electron chi connectivity index (χ0n) is 15.8. The molecule has 4 rings (SSSR count). The molecule has 0 spiro atoms. The summed E-state index contributed by atoms with van der Waals surface area (Å²) in [6, 6.07) is 9.94. The zero-order chi connectivity index (χ0) is 19.8. The highest BCUT2D eigenvalue weighted by molar-refractivity contribution is 6.05. The first-order valence-corrected chi connectivity index (χ1v) is 8.78. The molecular weight excluding hydrogens is 359 g/mol. The fourth-order valence-electron chi connectivity index (χ4n) is 3.18. The number of amides is 1. The molecule has 1 aromatic carbocycles. The van der Waals surface area contributed by atoms with Crippen molar-refractivity contribution in [3.8, 4) is 5.69 Å². The van der Waals surface area contributed by atoms with E-state index in [4.69, 9.17) is 0 Å². The predicted octanol–water partition coefficient (Wildman–Crippen LogP) is 2.87. The van der Waals surface area contributed by atoms with Gasteiger partial charge in [0.2, 0.25) is 0 Å². The van der Waals surface area contributed by atoms with Crippen LogP contribution in [-0.4, -0.2) is 42.4 Å². The van der Waals surface area contributed by atoms with Crippen molar-refractivity contribution in [3.05, 3.63) is 71.6 Å². The van der Waals surface area contributed by atoms with Crippen molar-refractivity contribution in [2.45, 2.75) is 13.5 Å². The van der Waals surface area contributed by atoms with Crippen molar-refractivity contribution < 1.29 is 9.18 Å². The molecule has 0 N–H and O–H groups in total. The average Bonchev–Trinajstić information content (AvgIpc) is 3.27. The van der Waals surface area contributed by atoms with E-state index < -0.39 is 5.82 Å². The maximum Gasteiger partial charge on any atom is 0.254 e. The fourth-order valence-corrected chi connectivity index (χ4v) is 3.18. The number of halogens is 1. The van der Waals surface area contributed by atoms with Crippen molar-refractivity contribution in [1.82, 2.24) is 29.4 Å². The SMILES string of the molecule is Cc1cc(C(=O)N(C)Cc2ccnn2C)c2cnn(-c3ccccc3F)c2n1. The second kappa shape index (κ2) is 6.88. The van der Waals surface area contributed by atoms with Gasteiger partial charge in [0.05, 0.1) is 29.4 Å². The number of fused-ring (bicyclic) bond motifs is 1. The fraction of sp³-hybridized carbons (Fsp3) is 0.200. The topological polar surface area (TPSA) is 68.8 Å². The van der Waals surface area contributed by atoms with Crippen LogP contribution >= 0.6 is 0 Å². The van der Waals surface area contributed by atoms with Gasteiger partial charge < -0.3 is 4.90 Å². The van der Waals surface area contributed by atoms with E-state index in [0.29, 0.717) is 28.8 Å². The summed E-state index contributed by atoms with van der Waals surface area (Å²) in [5, 5.41) is 9.00. The van der Waals surface area contributed by atoms with Gasteiger partial charge in [-0.15, -0.1) is 0 Å². The lowest BCUT2D eigenvalue weighted by molar-refractivity contribution is 0.0783. The first-order chi connectivity index (χ1) is 13.5. The van der Waals surface area contributed by atoms with E-state index >= 15 is 0 Å². The summed E-state index contributed by atoms with van der Waals surface area (Å²) in [4.78, 5) is 19.2. The number of pyridine rings is 1. The molecule has 142 valence electrons. The number of hydrogen-bond donors (Lipinski definition) is 0. The Balaban J connectivity index is 1.77. The largest absolute Gasteiger partial charge is 0.336 e. The van der Waals surface area contributed by atoms with E-state index in [-0.39, 0.29) is 11.6 Å². The maximum absolute atomic E-state index is 14.2. The van der Waals surface area contributed by atoms with Gasteiger partial charge in [-0.3, -0.25) is 9.48 Å². The molecule has 0 aliphatic rings. The molecule has 8 heteroatoms. The van der Waals surface area contributed by atoms with Crippen molar-refractivity contribution in [1.29, 1.82) is 0 Å². The second-order valence-corrected chi connectivity index (χ2v) is 6.66. The van der Waals surface area contributed by atoms with Crippen molar-refractivity contribution in [2.75, 3.05) is 7.05 Å². The minimum Gasteiger partial charge on any atom is -0.336 e. The van der Waals surface area contributed by atoms with Gasteiger partial charge in [-0.1, -0.05) is 12.1 Å². The Labute approximate surface area is 161 Å². The lowest BCUT2D eigenvalue weighted by Gasteiger charge is -2.18. The number of aromatic nitrogens is 5. The Kier molecular flexibility index (Phi) is 4.38. The molecule has 0 saturated heterocycles. The summed E-state index contributed by atoms with van der Waals surface area (Å²) in [6.45, 7) is 2.22. The number of hydrogen-bond acceptors (Lipinski definition) is 4. The molecular formula is C20H19FN6O. The van der Waals surface area contributed by atoms with Crippen LogP contribution in [0.25, 0.3) is 16.7 Å². The lowest BCUT2D eigenvalue weighted by Crippen LogP contribution is -2.27. The third-order valence-electron chi connectivity index (χ3n) is 4.65. The van der Waals surface area contributed by atoms with Crippen molar-refractivity contribution in [3.63, 3.8) is 0 Å². The normalized spacial score (nSPS) is 11.1. The average molecular weight is 378 g/mol. The third-order valence-corrected chi connectivity index (χ3v) is 4.65. The highest BCUT2D eigenvalue weighted by Crippen LogP contribution is 2.24. The molecule has 0 fully saturated rings. The second-order valence-electron chi connectivity index (χ2n) is 6.66. The standard InChI is InChI=1S/C20H19FN6O/c1-13-10-15(20(28)25(2)12-14-8-9-22-26(14)3)16-11-23-27(19(16)24-13)18-7-5-4-6-17(18)21/h4-11H,12H2,1-3H3. The lowest BCUT2D eigenvalue weighted by atomic mass is 10.1. The zero-order valence-corrected chi connectivity index (χ0v) is 15.8. The molecule has 3 aromatic heterocycles. The molecule has 28 heavy (non-hydrogen) atoms. The smallest absolute Gasteiger partial charge is 0.254 e. The molecule has 7 nitrogen and oxygen atoms in total. The minimum absolute atomic E-state index is 0.162. The molecule has 0 radical (unpaired) electrons. The van der Waals surface area contributed by atoms with E-state index in [1.165, 1.54) is 10.7 Å². The summed E-state index contributed by atoms with van der Waals surface area (Å²) in [7, 11) is 3.57. The van der Waals surface area contributed by atoms with Gasteiger partial charge in [-0.2, -0.15) is 10.2 Å². The van der Waals surface area contributed by atoms with Gasteiger partial charge in [0, 0.05) is 26.0 Å². The summed E-state index contributed by atoms with van der Waals surface area (Å²) in [5.74, 6) is -0.568. The Morgan fingerprint density at radius 2 is 2.00 bits per heavy atom. The Morgan fingerprint density at radius 1 is 1.21 bits per heavy atom. The predicted molar refractivity (Wildman–Crippen MR) is 103 cm³/mol.